The van der Waals surface area contributed by atoms with Crippen LogP contribution in [0.1, 0.15) is 239 Å². The zero-order chi connectivity index (χ0) is 47.0. The number of esters is 2. The van der Waals surface area contributed by atoms with Crippen LogP contribution in [0.2, 0.25) is 0 Å². The SMILES string of the molecule is CC/C=C/C/C=C/C/C=C/CCCCCCCCCCCCCCCC(=O)OCC(COCCC(C(=O)O)[N+](C)(C)C)OC(=O)CCCCCCCCC/C=C/CCCCCCCC. The highest BCUT2D eigenvalue weighted by Gasteiger charge is 2.31. The summed E-state index contributed by atoms with van der Waals surface area (Å²) in [4.78, 5) is 37.2. The van der Waals surface area contributed by atoms with Gasteiger partial charge in [-0.15, -0.1) is 0 Å². The van der Waals surface area contributed by atoms with Gasteiger partial charge < -0.3 is 23.8 Å². The van der Waals surface area contributed by atoms with E-state index >= 15 is 0 Å². The van der Waals surface area contributed by atoms with Crippen LogP contribution in [0.15, 0.2) is 48.6 Å². The number of carboxylic acid groups (broad SMARTS) is 1. The Labute approximate surface area is 395 Å². The largest absolute Gasteiger partial charge is 0.477 e. The average Bonchev–Trinajstić information content (AvgIpc) is 3.26. The molecule has 2 atom stereocenters. The lowest BCUT2D eigenvalue weighted by Gasteiger charge is -2.31. The van der Waals surface area contributed by atoms with Crippen LogP contribution in [0.4, 0.5) is 0 Å². The number of hydrogen-bond donors (Lipinski definition) is 1. The van der Waals surface area contributed by atoms with Crippen LogP contribution in [0.3, 0.4) is 0 Å². The van der Waals surface area contributed by atoms with E-state index in [1.54, 1.807) is 0 Å². The van der Waals surface area contributed by atoms with E-state index in [0.29, 0.717) is 19.3 Å². The molecule has 8 nitrogen and oxygen atoms in total. The van der Waals surface area contributed by atoms with Crippen molar-refractivity contribution in [1.29, 1.82) is 0 Å². The van der Waals surface area contributed by atoms with Gasteiger partial charge in [0, 0.05) is 19.3 Å². The van der Waals surface area contributed by atoms with E-state index in [9.17, 15) is 19.5 Å². The predicted octanol–water partition coefficient (Wildman–Crippen LogP) is 15.5. The molecular formula is C56H102NO7+. The summed E-state index contributed by atoms with van der Waals surface area (Å²) in [6.07, 6.45) is 57.3. The molecule has 0 aromatic heterocycles. The number of carbonyl (C=O) groups excluding carboxylic acids is 2. The van der Waals surface area contributed by atoms with Crippen molar-refractivity contribution in [2.24, 2.45) is 0 Å². The standard InChI is InChI=1S/C56H101NO7/c1-6-8-10-12-14-16-18-20-22-24-25-26-27-28-29-31-32-34-36-38-40-42-44-46-54(58)63-51-52(50-62-49-48-53(56(60)61)57(3,4)5)64-55(59)47-45-43-41-39-37-35-33-30-23-21-19-17-15-13-11-9-7-2/h8,10,14,16,20-23,52-53H,6-7,9,11-13,15,17-19,24-51H2,1-5H3/p+1/b10-8+,16-14+,22-20+,23-21+. The number of allylic oxidation sites excluding steroid dienone is 8. The molecular weight excluding hydrogens is 799 g/mol. The fraction of sp³-hybridized carbons (Fsp3) is 0.804. The molecule has 0 aliphatic heterocycles. The number of hydrogen-bond acceptors (Lipinski definition) is 6. The minimum absolute atomic E-state index is 0.0519. The second kappa shape index (κ2) is 46.8. The van der Waals surface area contributed by atoms with Gasteiger partial charge in [-0.25, -0.2) is 4.79 Å². The Hall–Kier alpha value is -2.71. The first-order valence-corrected chi connectivity index (χ1v) is 26.7. The average molecular weight is 901 g/mol. The van der Waals surface area contributed by atoms with Gasteiger partial charge >= 0.3 is 17.9 Å². The zero-order valence-electron chi connectivity index (χ0n) is 42.5. The van der Waals surface area contributed by atoms with E-state index in [0.717, 1.165) is 57.8 Å². The van der Waals surface area contributed by atoms with E-state index in [1.807, 2.05) is 21.1 Å². The fourth-order valence-electron chi connectivity index (χ4n) is 7.87. The molecule has 8 heteroatoms. The molecule has 0 aromatic carbocycles. The second-order valence-corrected chi connectivity index (χ2v) is 19.1. The van der Waals surface area contributed by atoms with Crippen LogP contribution < -0.4 is 0 Å². The van der Waals surface area contributed by atoms with Crippen molar-refractivity contribution in [3.63, 3.8) is 0 Å². The van der Waals surface area contributed by atoms with E-state index in [1.165, 1.54) is 148 Å². The summed E-state index contributed by atoms with van der Waals surface area (Å²) in [6.45, 7) is 4.65. The van der Waals surface area contributed by atoms with Gasteiger partial charge in [-0.3, -0.25) is 9.59 Å². The number of quaternary nitrogens is 1. The smallest absolute Gasteiger partial charge is 0.362 e. The van der Waals surface area contributed by atoms with Crippen molar-refractivity contribution < 1.29 is 38.2 Å². The van der Waals surface area contributed by atoms with Gasteiger partial charge in [0.05, 0.1) is 34.4 Å². The molecule has 1 N–H and O–H groups in total. The summed E-state index contributed by atoms with van der Waals surface area (Å²) < 4.78 is 17.4. The van der Waals surface area contributed by atoms with Crippen molar-refractivity contribution in [2.75, 3.05) is 41.0 Å². The minimum atomic E-state index is -0.874. The lowest BCUT2D eigenvalue weighted by atomic mass is 10.0. The molecule has 64 heavy (non-hydrogen) atoms. The number of ether oxygens (including phenoxy) is 3. The summed E-state index contributed by atoms with van der Waals surface area (Å²) >= 11 is 0. The Morgan fingerprint density at radius 1 is 0.484 bits per heavy atom. The van der Waals surface area contributed by atoms with Crippen LogP contribution in [0.5, 0.6) is 0 Å². The highest BCUT2D eigenvalue weighted by atomic mass is 16.6. The van der Waals surface area contributed by atoms with Crippen molar-refractivity contribution in [3.05, 3.63) is 48.6 Å². The third-order valence-corrected chi connectivity index (χ3v) is 12.0. The van der Waals surface area contributed by atoms with Gasteiger partial charge in [0.15, 0.2) is 12.1 Å². The van der Waals surface area contributed by atoms with Gasteiger partial charge in [-0.1, -0.05) is 197 Å². The maximum absolute atomic E-state index is 12.8. The number of carbonyl (C=O) groups is 3. The summed E-state index contributed by atoms with van der Waals surface area (Å²) in [7, 11) is 5.54. The highest BCUT2D eigenvalue weighted by Crippen LogP contribution is 2.16. The monoisotopic (exact) mass is 901 g/mol. The Morgan fingerprint density at radius 3 is 1.31 bits per heavy atom. The molecule has 0 aliphatic carbocycles. The number of unbranched alkanes of at least 4 members (excludes halogenated alkanes) is 26. The Bertz CT molecular complexity index is 1190. The lowest BCUT2D eigenvalue weighted by molar-refractivity contribution is -0.887. The van der Waals surface area contributed by atoms with Crippen molar-refractivity contribution >= 4 is 17.9 Å². The molecule has 0 radical (unpaired) electrons. The van der Waals surface area contributed by atoms with Crippen molar-refractivity contribution in [3.8, 4) is 0 Å². The Kier molecular flexibility index (Phi) is 44.8. The lowest BCUT2D eigenvalue weighted by Crippen LogP contribution is -2.50. The first-order valence-electron chi connectivity index (χ1n) is 26.7. The molecule has 0 saturated carbocycles. The first-order chi connectivity index (χ1) is 31.1. The van der Waals surface area contributed by atoms with E-state index in [4.69, 9.17) is 14.2 Å². The first kappa shape index (κ1) is 61.3. The summed E-state index contributed by atoms with van der Waals surface area (Å²) in [6, 6.07) is -0.616. The molecule has 372 valence electrons. The summed E-state index contributed by atoms with van der Waals surface area (Å²) in [5.41, 5.74) is 0. The number of nitrogens with zero attached hydrogens (tertiary/aromatic N) is 1. The van der Waals surface area contributed by atoms with Crippen LogP contribution in [-0.4, -0.2) is 80.6 Å². The maximum Gasteiger partial charge on any atom is 0.362 e. The van der Waals surface area contributed by atoms with Crippen LogP contribution in [0.25, 0.3) is 0 Å². The minimum Gasteiger partial charge on any atom is -0.477 e. The number of likely N-dealkylation sites (N-methyl/N-ethyl adjacent to an activating group) is 1. The quantitative estimate of drug-likeness (QED) is 0.0281. The van der Waals surface area contributed by atoms with Gasteiger partial charge in [0.25, 0.3) is 0 Å². The molecule has 0 heterocycles. The highest BCUT2D eigenvalue weighted by molar-refractivity contribution is 5.72. The number of rotatable bonds is 48. The van der Waals surface area contributed by atoms with E-state index < -0.39 is 18.1 Å². The van der Waals surface area contributed by atoms with Gasteiger partial charge in [0.2, 0.25) is 0 Å². The van der Waals surface area contributed by atoms with Crippen LogP contribution in [0, 0.1) is 0 Å². The molecule has 0 fully saturated rings. The van der Waals surface area contributed by atoms with E-state index in [2.05, 4.69) is 62.5 Å². The molecule has 2 unspecified atom stereocenters. The fourth-order valence-corrected chi connectivity index (χ4v) is 7.87. The molecule has 0 bridgehead atoms. The summed E-state index contributed by atoms with van der Waals surface area (Å²) in [5, 5.41) is 9.66. The van der Waals surface area contributed by atoms with Gasteiger partial charge in [-0.05, 0) is 70.6 Å². The van der Waals surface area contributed by atoms with Crippen LogP contribution >= 0.6 is 0 Å². The predicted molar refractivity (Wildman–Crippen MR) is 271 cm³/mol. The van der Waals surface area contributed by atoms with Crippen molar-refractivity contribution in [2.45, 2.75) is 251 Å². The van der Waals surface area contributed by atoms with E-state index in [-0.39, 0.29) is 36.2 Å². The topological polar surface area (TPSA) is 99.1 Å². The third-order valence-electron chi connectivity index (χ3n) is 12.0. The molecule has 0 aliphatic rings. The Balaban J connectivity index is 4.18. The van der Waals surface area contributed by atoms with Crippen LogP contribution in [-0.2, 0) is 28.6 Å². The van der Waals surface area contributed by atoms with Crippen molar-refractivity contribution in [1.82, 2.24) is 0 Å². The molecule has 0 amide bonds. The molecule has 0 spiro atoms. The Morgan fingerprint density at radius 2 is 0.875 bits per heavy atom. The molecule has 0 aromatic rings. The zero-order valence-corrected chi connectivity index (χ0v) is 42.5. The third kappa shape index (κ3) is 44.5. The molecule has 0 rings (SSSR count). The molecule has 0 saturated heterocycles. The number of carboxylic acids is 1. The van der Waals surface area contributed by atoms with Gasteiger partial charge in [-0.2, -0.15) is 0 Å². The summed E-state index contributed by atoms with van der Waals surface area (Å²) in [5.74, 6) is -1.46. The maximum atomic E-state index is 12.8. The number of aliphatic carboxylic acids is 1. The normalized spacial score (nSPS) is 13.2. The van der Waals surface area contributed by atoms with Gasteiger partial charge in [0.1, 0.15) is 6.61 Å². The second-order valence-electron chi connectivity index (χ2n) is 19.1.